The summed E-state index contributed by atoms with van der Waals surface area (Å²) in [5.41, 5.74) is 4.81. The van der Waals surface area contributed by atoms with Crippen molar-refractivity contribution < 1.29 is 19.2 Å². The minimum atomic E-state index is -1.02. The minimum Gasteiger partial charge on any atom is -0.299 e. The van der Waals surface area contributed by atoms with E-state index in [4.69, 9.17) is 0 Å². The molecule has 0 aromatic heterocycles. The molecule has 0 radical (unpaired) electrons. The highest BCUT2D eigenvalue weighted by Crippen LogP contribution is 2.16. The van der Waals surface area contributed by atoms with E-state index in [-0.39, 0.29) is 5.78 Å². The van der Waals surface area contributed by atoms with Gasteiger partial charge in [0, 0.05) is 11.0 Å². The Morgan fingerprint density at radius 3 is 2.00 bits per heavy atom. The van der Waals surface area contributed by atoms with Crippen molar-refractivity contribution in [2.75, 3.05) is 0 Å². The number of hydrazine groups is 1. The van der Waals surface area contributed by atoms with Crippen LogP contribution >= 0.6 is 0 Å². The van der Waals surface area contributed by atoms with Gasteiger partial charge in [0.05, 0.1) is 6.42 Å². The lowest BCUT2D eigenvalue weighted by atomic mass is 9.88. The number of benzene rings is 1. The largest absolute Gasteiger partial charge is 0.306 e. The molecule has 2 N–H and O–H groups in total. The van der Waals surface area contributed by atoms with E-state index >= 15 is 0 Å². The van der Waals surface area contributed by atoms with Crippen molar-refractivity contribution in [3.8, 4) is 0 Å². The minimum absolute atomic E-state index is 0.336. The van der Waals surface area contributed by atoms with Gasteiger partial charge >= 0.3 is 5.91 Å². The number of carbonyl (C=O) groups is 4. The summed E-state index contributed by atoms with van der Waals surface area (Å²) in [5.74, 6) is -2.77. The van der Waals surface area contributed by atoms with Gasteiger partial charge in [0.15, 0.2) is 0 Å². The number of carbonyl (C=O) groups excluding carboxylic acids is 4. The summed E-state index contributed by atoms with van der Waals surface area (Å²) in [6, 6.07) is 6.71. The average molecular weight is 304 g/mol. The van der Waals surface area contributed by atoms with Gasteiger partial charge in [0.1, 0.15) is 5.78 Å². The van der Waals surface area contributed by atoms with Crippen LogP contribution in [0.4, 0.5) is 0 Å². The first kappa shape index (κ1) is 17.6. The molecule has 0 aliphatic rings. The average Bonchev–Trinajstić information content (AvgIpc) is 2.43. The van der Waals surface area contributed by atoms with Gasteiger partial charge < -0.3 is 0 Å². The molecule has 0 saturated heterocycles. The standard InChI is InChI=1S/C16H20N2O4/c1-10-5-7-11(8-6-10)14(21)17-18-15(22)12(19)9-13(20)16(2,3)4/h5-8H,9H2,1-4H3,(H,17,21)(H,18,22). The fourth-order valence-electron chi connectivity index (χ4n) is 1.45. The molecule has 0 saturated carbocycles. The number of hydrogen-bond donors (Lipinski definition) is 2. The zero-order valence-corrected chi connectivity index (χ0v) is 13.1. The van der Waals surface area contributed by atoms with Crippen LogP contribution in [0.15, 0.2) is 24.3 Å². The molecule has 0 heterocycles. The molecule has 2 amide bonds. The highest BCUT2D eigenvalue weighted by atomic mass is 16.2. The second-order valence-electron chi connectivity index (χ2n) is 6.05. The third-order valence-corrected chi connectivity index (χ3v) is 3.01. The first-order chi connectivity index (χ1) is 10.1. The summed E-state index contributed by atoms with van der Waals surface area (Å²) < 4.78 is 0. The lowest BCUT2D eigenvalue weighted by Crippen LogP contribution is -2.45. The van der Waals surface area contributed by atoms with Crippen LogP contribution in [0.3, 0.4) is 0 Å². The quantitative estimate of drug-likeness (QED) is 0.498. The number of aryl methyl sites for hydroxylation is 1. The second kappa shape index (κ2) is 6.98. The van der Waals surface area contributed by atoms with Crippen LogP contribution in [-0.4, -0.2) is 23.4 Å². The van der Waals surface area contributed by atoms with Gasteiger partial charge in [0.25, 0.3) is 5.91 Å². The molecular formula is C16H20N2O4. The van der Waals surface area contributed by atoms with Crippen LogP contribution in [0.25, 0.3) is 0 Å². The highest BCUT2D eigenvalue weighted by molar-refractivity contribution is 6.39. The number of amides is 2. The first-order valence-corrected chi connectivity index (χ1v) is 6.84. The van der Waals surface area contributed by atoms with E-state index in [0.717, 1.165) is 5.56 Å². The molecular weight excluding hydrogens is 284 g/mol. The predicted molar refractivity (Wildman–Crippen MR) is 80.9 cm³/mol. The SMILES string of the molecule is Cc1ccc(C(=O)NNC(=O)C(=O)CC(=O)C(C)(C)C)cc1. The van der Waals surface area contributed by atoms with Crippen LogP contribution < -0.4 is 10.9 Å². The Balaban J connectivity index is 2.52. The highest BCUT2D eigenvalue weighted by Gasteiger charge is 2.26. The van der Waals surface area contributed by atoms with E-state index in [1.807, 2.05) is 12.3 Å². The summed E-state index contributed by atoms with van der Waals surface area (Å²) >= 11 is 0. The number of rotatable bonds is 4. The molecule has 118 valence electrons. The van der Waals surface area contributed by atoms with Crippen LogP contribution in [-0.2, 0) is 14.4 Å². The maximum atomic E-state index is 11.8. The maximum absolute atomic E-state index is 11.8. The summed E-state index contributed by atoms with van der Waals surface area (Å²) in [7, 11) is 0. The monoisotopic (exact) mass is 304 g/mol. The third kappa shape index (κ3) is 5.12. The Labute approximate surface area is 129 Å². The summed E-state index contributed by atoms with van der Waals surface area (Å²) in [6.07, 6.45) is -0.490. The normalized spacial score (nSPS) is 10.7. The van der Waals surface area contributed by atoms with Crippen molar-refractivity contribution in [1.29, 1.82) is 0 Å². The third-order valence-electron chi connectivity index (χ3n) is 3.01. The zero-order chi connectivity index (χ0) is 16.9. The van der Waals surface area contributed by atoms with E-state index in [1.165, 1.54) is 0 Å². The van der Waals surface area contributed by atoms with E-state index in [2.05, 4.69) is 5.43 Å². The number of nitrogens with one attached hydrogen (secondary N) is 2. The smallest absolute Gasteiger partial charge is 0.299 e. The van der Waals surface area contributed by atoms with Crippen LogP contribution in [0, 0.1) is 12.3 Å². The van der Waals surface area contributed by atoms with Crippen LogP contribution in [0.1, 0.15) is 43.1 Å². The van der Waals surface area contributed by atoms with Gasteiger partial charge in [-0.3, -0.25) is 30.0 Å². The molecule has 6 heteroatoms. The fraction of sp³-hybridized carbons (Fsp3) is 0.375. The molecule has 1 rings (SSSR count). The molecule has 1 aromatic carbocycles. The molecule has 0 unspecified atom stereocenters. The first-order valence-electron chi connectivity index (χ1n) is 6.84. The lowest BCUT2D eigenvalue weighted by molar-refractivity contribution is -0.141. The van der Waals surface area contributed by atoms with Crippen molar-refractivity contribution in [1.82, 2.24) is 10.9 Å². The molecule has 22 heavy (non-hydrogen) atoms. The van der Waals surface area contributed by atoms with E-state index < -0.39 is 29.4 Å². The Kier molecular flexibility index (Phi) is 5.56. The molecule has 6 nitrogen and oxygen atoms in total. The number of Topliss-reactive ketones (excluding diaryl/α,β-unsaturated/α-hetero) is 2. The topological polar surface area (TPSA) is 92.3 Å². The summed E-state index contributed by atoms with van der Waals surface area (Å²) in [4.78, 5) is 46.6. The Morgan fingerprint density at radius 2 is 1.50 bits per heavy atom. The second-order valence-corrected chi connectivity index (χ2v) is 6.05. The molecule has 1 aromatic rings. The summed E-state index contributed by atoms with van der Waals surface area (Å²) in [6.45, 7) is 6.88. The number of ketones is 2. The molecule has 0 bridgehead atoms. The van der Waals surface area contributed by atoms with Crippen molar-refractivity contribution in [3.63, 3.8) is 0 Å². The van der Waals surface area contributed by atoms with Gasteiger partial charge in [-0.15, -0.1) is 0 Å². The molecule has 0 fully saturated rings. The lowest BCUT2D eigenvalue weighted by Gasteiger charge is -2.15. The van der Waals surface area contributed by atoms with Crippen LogP contribution in [0.2, 0.25) is 0 Å². The van der Waals surface area contributed by atoms with Crippen LogP contribution in [0.5, 0.6) is 0 Å². The molecule has 0 atom stereocenters. The number of hydrogen-bond acceptors (Lipinski definition) is 4. The van der Waals surface area contributed by atoms with Gasteiger partial charge in [-0.05, 0) is 19.1 Å². The van der Waals surface area contributed by atoms with E-state index in [1.54, 1.807) is 45.0 Å². The summed E-state index contributed by atoms with van der Waals surface area (Å²) in [5, 5.41) is 0. The maximum Gasteiger partial charge on any atom is 0.306 e. The van der Waals surface area contributed by atoms with Gasteiger partial charge in [0.2, 0.25) is 5.78 Å². The predicted octanol–water partition coefficient (Wildman–Crippen LogP) is 1.33. The van der Waals surface area contributed by atoms with Gasteiger partial charge in [-0.2, -0.15) is 0 Å². The molecule has 0 aliphatic carbocycles. The van der Waals surface area contributed by atoms with E-state index in [9.17, 15) is 19.2 Å². The van der Waals surface area contributed by atoms with Gasteiger partial charge in [-0.1, -0.05) is 38.5 Å². The van der Waals surface area contributed by atoms with Crippen molar-refractivity contribution in [2.45, 2.75) is 34.1 Å². The van der Waals surface area contributed by atoms with E-state index in [0.29, 0.717) is 5.56 Å². The molecule has 0 spiro atoms. The van der Waals surface area contributed by atoms with Gasteiger partial charge in [-0.25, -0.2) is 0 Å². The molecule has 0 aliphatic heterocycles. The van der Waals surface area contributed by atoms with Crippen molar-refractivity contribution in [2.24, 2.45) is 5.41 Å². The fourth-order valence-corrected chi connectivity index (χ4v) is 1.45. The Hall–Kier alpha value is -2.50. The van der Waals surface area contributed by atoms with Crippen molar-refractivity contribution in [3.05, 3.63) is 35.4 Å². The van der Waals surface area contributed by atoms with Crippen molar-refractivity contribution >= 4 is 23.4 Å². The Morgan fingerprint density at radius 1 is 0.955 bits per heavy atom. The Bertz CT molecular complexity index is 598. The zero-order valence-electron chi connectivity index (χ0n) is 13.1.